The molecule has 0 aromatic carbocycles. The Labute approximate surface area is 127 Å². The molecule has 2 atom stereocenters. The number of nitrogens with zero attached hydrogens (tertiary/aromatic N) is 1. The summed E-state index contributed by atoms with van der Waals surface area (Å²) in [4.78, 5) is 25.2. The zero-order valence-electron chi connectivity index (χ0n) is 13.0. The topological polar surface area (TPSA) is 57.6 Å². The lowest BCUT2D eigenvalue weighted by molar-refractivity contribution is -0.138. The Morgan fingerprint density at radius 2 is 2.19 bits per heavy atom. The van der Waals surface area contributed by atoms with Gasteiger partial charge in [0.1, 0.15) is 0 Å². The van der Waals surface area contributed by atoms with Gasteiger partial charge in [0.2, 0.25) is 5.91 Å². The summed E-state index contributed by atoms with van der Waals surface area (Å²) in [5.41, 5.74) is 1.30. The minimum absolute atomic E-state index is 0.145. The van der Waals surface area contributed by atoms with Crippen molar-refractivity contribution in [2.75, 3.05) is 13.1 Å². The zero-order valence-corrected chi connectivity index (χ0v) is 13.0. The Morgan fingerprint density at radius 1 is 1.38 bits per heavy atom. The Balaban J connectivity index is 1.86. The van der Waals surface area contributed by atoms with Gasteiger partial charge in [0.05, 0.1) is 0 Å². The van der Waals surface area contributed by atoms with E-state index in [-0.39, 0.29) is 18.2 Å². The molecule has 2 rings (SSSR count). The van der Waals surface area contributed by atoms with Gasteiger partial charge in [-0.3, -0.25) is 9.59 Å². The molecule has 0 aromatic heterocycles. The third-order valence-electron chi connectivity index (χ3n) is 4.88. The fourth-order valence-electron chi connectivity index (χ4n) is 3.51. The summed E-state index contributed by atoms with van der Waals surface area (Å²) < 4.78 is 0. The van der Waals surface area contributed by atoms with E-state index in [0.29, 0.717) is 12.3 Å². The van der Waals surface area contributed by atoms with E-state index in [1.165, 1.54) is 18.4 Å². The van der Waals surface area contributed by atoms with Gasteiger partial charge in [-0.05, 0) is 50.4 Å². The molecular formula is C17H27NO3. The van der Waals surface area contributed by atoms with Gasteiger partial charge in [0.25, 0.3) is 0 Å². The first-order chi connectivity index (χ1) is 10.1. The number of rotatable bonds is 5. The average Bonchev–Trinajstić information content (AvgIpc) is 2.47. The third kappa shape index (κ3) is 4.87. The molecule has 4 nitrogen and oxygen atoms in total. The Morgan fingerprint density at radius 3 is 2.86 bits per heavy atom. The highest BCUT2D eigenvalue weighted by Gasteiger charge is 2.28. The molecule has 2 unspecified atom stereocenters. The Bertz CT molecular complexity index is 416. The molecule has 1 aliphatic carbocycles. The van der Waals surface area contributed by atoms with Crippen LogP contribution in [0.25, 0.3) is 0 Å². The predicted molar refractivity (Wildman–Crippen MR) is 81.9 cm³/mol. The quantitative estimate of drug-likeness (QED) is 0.792. The first-order valence-electron chi connectivity index (χ1n) is 8.23. The van der Waals surface area contributed by atoms with Crippen LogP contribution in [-0.2, 0) is 9.59 Å². The number of allylic oxidation sites excluding steroid dienone is 1. The maximum atomic E-state index is 12.4. The van der Waals surface area contributed by atoms with E-state index in [1.54, 1.807) is 0 Å². The van der Waals surface area contributed by atoms with Crippen LogP contribution in [0.5, 0.6) is 0 Å². The fourth-order valence-corrected chi connectivity index (χ4v) is 3.51. The van der Waals surface area contributed by atoms with Gasteiger partial charge in [-0.2, -0.15) is 0 Å². The van der Waals surface area contributed by atoms with Crippen LogP contribution in [0.15, 0.2) is 11.6 Å². The molecule has 0 radical (unpaired) electrons. The smallest absolute Gasteiger partial charge is 0.303 e. The number of hydrogen-bond donors (Lipinski definition) is 1. The van der Waals surface area contributed by atoms with E-state index < -0.39 is 5.97 Å². The summed E-state index contributed by atoms with van der Waals surface area (Å²) in [5, 5.41) is 8.92. The van der Waals surface area contributed by atoms with Crippen LogP contribution < -0.4 is 0 Å². The third-order valence-corrected chi connectivity index (χ3v) is 4.88. The molecule has 0 aromatic rings. The number of carbonyl (C=O) groups excluding carboxylic acids is 1. The molecule has 0 bridgehead atoms. The fraction of sp³-hybridized carbons (Fsp3) is 0.765. The summed E-state index contributed by atoms with van der Waals surface area (Å²) in [7, 11) is 0. The lowest BCUT2D eigenvalue weighted by Gasteiger charge is -2.35. The number of likely N-dealkylation sites (tertiary alicyclic amines) is 1. The largest absolute Gasteiger partial charge is 0.481 e. The Kier molecular flexibility index (Phi) is 5.83. The second-order valence-electron chi connectivity index (χ2n) is 6.60. The van der Waals surface area contributed by atoms with Crippen molar-refractivity contribution in [1.29, 1.82) is 0 Å². The minimum atomic E-state index is -0.738. The molecular weight excluding hydrogens is 266 g/mol. The normalized spacial score (nSPS) is 24.3. The summed E-state index contributed by atoms with van der Waals surface area (Å²) in [6, 6.07) is 0. The predicted octanol–water partition coefficient (Wildman–Crippen LogP) is 3.23. The molecule has 4 heteroatoms. The summed E-state index contributed by atoms with van der Waals surface area (Å²) in [5.74, 6) is -0.0279. The van der Waals surface area contributed by atoms with E-state index in [9.17, 15) is 9.59 Å². The number of carboxylic acid groups (broad SMARTS) is 1. The van der Waals surface area contributed by atoms with E-state index >= 15 is 0 Å². The van der Waals surface area contributed by atoms with Crippen molar-refractivity contribution in [3.05, 3.63) is 11.6 Å². The van der Waals surface area contributed by atoms with E-state index in [2.05, 4.69) is 6.08 Å². The van der Waals surface area contributed by atoms with Crippen molar-refractivity contribution >= 4 is 11.9 Å². The van der Waals surface area contributed by atoms with Gasteiger partial charge >= 0.3 is 5.97 Å². The lowest BCUT2D eigenvalue weighted by atomic mass is 9.84. The van der Waals surface area contributed by atoms with Crippen molar-refractivity contribution in [1.82, 2.24) is 4.90 Å². The van der Waals surface area contributed by atoms with Crippen LogP contribution >= 0.6 is 0 Å². The van der Waals surface area contributed by atoms with Gasteiger partial charge in [-0.15, -0.1) is 0 Å². The summed E-state index contributed by atoms with van der Waals surface area (Å²) >= 11 is 0. The van der Waals surface area contributed by atoms with Crippen molar-refractivity contribution in [2.45, 2.75) is 58.3 Å². The van der Waals surface area contributed by atoms with Gasteiger partial charge in [-0.25, -0.2) is 0 Å². The molecule has 1 saturated heterocycles. The number of carbonyl (C=O) groups is 2. The van der Waals surface area contributed by atoms with Crippen LogP contribution in [-0.4, -0.2) is 35.0 Å². The number of piperidine rings is 1. The van der Waals surface area contributed by atoms with Gasteiger partial charge in [0, 0.05) is 25.9 Å². The van der Waals surface area contributed by atoms with Crippen LogP contribution in [0.2, 0.25) is 0 Å². The van der Waals surface area contributed by atoms with E-state index in [0.717, 1.165) is 38.8 Å². The molecule has 1 N–H and O–H groups in total. The van der Waals surface area contributed by atoms with Gasteiger partial charge < -0.3 is 10.0 Å². The monoisotopic (exact) mass is 293 g/mol. The standard InChI is InChI=1S/C17H27NO3/c1-13(10-17(20)21)15-8-5-9-18(12-15)16(19)11-14-6-3-2-4-7-14/h6,13,15H,2-5,7-12H2,1H3,(H,20,21). The van der Waals surface area contributed by atoms with Gasteiger partial charge in [-0.1, -0.05) is 18.6 Å². The summed E-state index contributed by atoms with van der Waals surface area (Å²) in [6.07, 6.45) is 9.68. The average molecular weight is 293 g/mol. The molecule has 1 fully saturated rings. The van der Waals surface area contributed by atoms with Crippen molar-refractivity contribution in [3.63, 3.8) is 0 Å². The second kappa shape index (κ2) is 7.62. The molecule has 2 aliphatic rings. The molecule has 1 heterocycles. The molecule has 118 valence electrons. The minimum Gasteiger partial charge on any atom is -0.481 e. The number of carboxylic acids is 1. The van der Waals surface area contributed by atoms with Crippen LogP contribution in [0.3, 0.4) is 0 Å². The highest BCUT2D eigenvalue weighted by atomic mass is 16.4. The SMILES string of the molecule is CC(CC(=O)O)C1CCCN(C(=O)CC2=CCCCC2)C1. The number of hydrogen-bond acceptors (Lipinski definition) is 2. The van der Waals surface area contributed by atoms with Crippen LogP contribution in [0, 0.1) is 11.8 Å². The van der Waals surface area contributed by atoms with Gasteiger partial charge in [0.15, 0.2) is 0 Å². The van der Waals surface area contributed by atoms with E-state index in [1.807, 2.05) is 11.8 Å². The number of amides is 1. The highest BCUT2D eigenvalue weighted by molar-refractivity contribution is 5.78. The first-order valence-corrected chi connectivity index (χ1v) is 8.23. The maximum Gasteiger partial charge on any atom is 0.303 e. The van der Waals surface area contributed by atoms with Crippen LogP contribution in [0.1, 0.15) is 58.3 Å². The van der Waals surface area contributed by atoms with E-state index in [4.69, 9.17) is 5.11 Å². The molecule has 0 saturated carbocycles. The molecule has 1 aliphatic heterocycles. The lowest BCUT2D eigenvalue weighted by Crippen LogP contribution is -2.42. The molecule has 0 spiro atoms. The highest BCUT2D eigenvalue weighted by Crippen LogP contribution is 2.28. The second-order valence-corrected chi connectivity index (χ2v) is 6.60. The Hall–Kier alpha value is -1.32. The molecule has 21 heavy (non-hydrogen) atoms. The van der Waals surface area contributed by atoms with Crippen molar-refractivity contribution in [2.24, 2.45) is 11.8 Å². The molecule has 1 amide bonds. The maximum absolute atomic E-state index is 12.4. The van der Waals surface area contributed by atoms with Crippen molar-refractivity contribution in [3.8, 4) is 0 Å². The van der Waals surface area contributed by atoms with Crippen LogP contribution in [0.4, 0.5) is 0 Å². The zero-order chi connectivity index (χ0) is 15.2. The van der Waals surface area contributed by atoms with Crippen molar-refractivity contribution < 1.29 is 14.7 Å². The first kappa shape index (κ1) is 16.1. The summed E-state index contributed by atoms with van der Waals surface area (Å²) in [6.45, 7) is 3.57. The number of aliphatic carboxylic acids is 1.